The Morgan fingerprint density at radius 1 is 1.12 bits per heavy atom. The van der Waals surface area contributed by atoms with E-state index in [-0.39, 0.29) is 11.7 Å². The molecule has 0 atom stereocenters. The zero-order valence-corrected chi connectivity index (χ0v) is 14.8. The van der Waals surface area contributed by atoms with Gasteiger partial charge in [0.1, 0.15) is 5.82 Å². The summed E-state index contributed by atoms with van der Waals surface area (Å²) in [6.07, 6.45) is 1.54. The van der Waals surface area contributed by atoms with Gasteiger partial charge in [0.15, 0.2) is 4.32 Å². The van der Waals surface area contributed by atoms with Crippen molar-refractivity contribution in [2.45, 2.75) is 0 Å². The minimum atomic E-state index is -0.363. The Morgan fingerprint density at radius 3 is 2.42 bits per heavy atom. The van der Waals surface area contributed by atoms with Gasteiger partial charge >= 0.3 is 0 Å². The number of carbonyl (C=O) groups is 1. The third kappa shape index (κ3) is 3.20. The molecule has 6 heteroatoms. The number of anilines is 2. The van der Waals surface area contributed by atoms with Gasteiger partial charge < -0.3 is 4.90 Å². The van der Waals surface area contributed by atoms with Crippen LogP contribution in [0, 0.1) is 5.82 Å². The van der Waals surface area contributed by atoms with Gasteiger partial charge in [0.25, 0.3) is 5.91 Å². The van der Waals surface area contributed by atoms with E-state index in [1.54, 1.807) is 24.3 Å². The zero-order chi connectivity index (χ0) is 17.3. The van der Waals surface area contributed by atoms with Crippen LogP contribution in [0.5, 0.6) is 0 Å². The zero-order valence-electron chi connectivity index (χ0n) is 13.2. The third-order valence-corrected chi connectivity index (χ3v) is 4.91. The number of thiocarbonyl (C=S) groups is 1. The number of amides is 1. The average molecular weight is 358 g/mol. The van der Waals surface area contributed by atoms with Crippen molar-refractivity contribution in [1.82, 2.24) is 0 Å². The Bertz CT molecular complexity index is 831. The molecule has 1 aliphatic heterocycles. The van der Waals surface area contributed by atoms with Crippen LogP contribution in [0.3, 0.4) is 0 Å². The molecule has 0 spiro atoms. The molecule has 1 aliphatic rings. The molecule has 122 valence electrons. The lowest BCUT2D eigenvalue weighted by molar-refractivity contribution is -0.113. The highest BCUT2D eigenvalue weighted by molar-refractivity contribution is 8.27. The highest BCUT2D eigenvalue weighted by Crippen LogP contribution is 2.36. The number of hydrogen-bond donors (Lipinski definition) is 0. The van der Waals surface area contributed by atoms with Gasteiger partial charge in [-0.1, -0.05) is 42.2 Å². The summed E-state index contributed by atoms with van der Waals surface area (Å²) in [5.41, 5.74) is 2.12. The van der Waals surface area contributed by atoms with E-state index >= 15 is 0 Å². The van der Waals surface area contributed by atoms with E-state index in [0.29, 0.717) is 20.5 Å². The summed E-state index contributed by atoms with van der Waals surface area (Å²) in [4.78, 5) is 16.5. The van der Waals surface area contributed by atoms with Crippen LogP contribution in [0.2, 0.25) is 0 Å². The van der Waals surface area contributed by atoms with Crippen LogP contribution in [0.25, 0.3) is 6.08 Å². The first-order chi connectivity index (χ1) is 11.5. The smallest absolute Gasteiger partial charge is 0.270 e. The van der Waals surface area contributed by atoms with E-state index in [4.69, 9.17) is 12.2 Å². The number of thioether (sulfide) groups is 1. The van der Waals surface area contributed by atoms with Crippen molar-refractivity contribution in [2.75, 3.05) is 23.9 Å². The fourth-order valence-corrected chi connectivity index (χ4v) is 3.61. The molecule has 1 heterocycles. The summed E-state index contributed by atoms with van der Waals surface area (Å²) in [6.45, 7) is 0. The van der Waals surface area contributed by atoms with Gasteiger partial charge in [-0.15, -0.1) is 0 Å². The molecule has 1 saturated heterocycles. The molecule has 3 rings (SSSR count). The fourth-order valence-electron chi connectivity index (χ4n) is 2.32. The van der Waals surface area contributed by atoms with Crippen LogP contribution in [-0.4, -0.2) is 24.3 Å². The van der Waals surface area contributed by atoms with Gasteiger partial charge in [0, 0.05) is 25.3 Å². The maximum Gasteiger partial charge on any atom is 0.270 e. The molecule has 2 aromatic rings. The van der Waals surface area contributed by atoms with Crippen LogP contribution in [0.4, 0.5) is 15.8 Å². The van der Waals surface area contributed by atoms with E-state index in [1.807, 2.05) is 43.3 Å². The molecule has 2 aromatic carbocycles. The second-order valence-electron chi connectivity index (χ2n) is 5.45. The second-order valence-corrected chi connectivity index (χ2v) is 7.13. The molecule has 3 nitrogen and oxygen atoms in total. The van der Waals surface area contributed by atoms with E-state index in [2.05, 4.69) is 0 Å². The lowest BCUT2D eigenvalue weighted by atomic mass is 10.2. The first kappa shape index (κ1) is 16.7. The van der Waals surface area contributed by atoms with Gasteiger partial charge in [-0.3, -0.25) is 9.69 Å². The molecular formula is C18H15FN2OS2. The van der Waals surface area contributed by atoms with Crippen molar-refractivity contribution in [2.24, 2.45) is 0 Å². The SMILES string of the molecule is CN(C)c1ccc(N2C(=O)/C(=C\c3ccccc3F)SC2=S)cc1. The Balaban J connectivity index is 1.91. The summed E-state index contributed by atoms with van der Waals surface area (Å²) in [5.74, 6) is -0.594. The molecule has 24 heavy (non-hydrogen) atoms. The highest BCUT2D eigenvalue weighted by atomic mass is 32.2. The van der Waals surface area contributed by atoms with Crippen LogP contribution in [0.15, 0.2) is 53.4 Å². The van der Waals surface area contributed by atoms with Crippen LogP contribution < -0.4 is 9.80 Å². The van der Waals surface area contributed by atoms with Crippen LogP contribution in [-0.2, 0) is 4.79 Å². The van der Waals surface area contributed by atoms with E-state index in [0.717, 1.165) is 5.69 Å². The van der Waals surface area contributed by atoms with Gasteiger partial charge in [0.05, 0.1) is 10.6 Å². The normalized spacial score (nSPS) is 16.1. The van der Waals surface area contributed by atoms with Gasteiger partial charge in [0.2, 0.25) is 0 Å². The molecule has 0 N–H and O–H groups in total. The van der Waals surface area contributed by atoms with Crippen molar-refractivity contribution in [3.8, 4) is 0 Å². The molecule has 1 fully saturated rings. The lowest BCUT2D eigenvalue weighted by Crippen LogP contribution is -2.27. The molecule has 0 unspecified atom stereocenters. The average Bonchev–Trinajstić information content (AvgIpc) is 2.84. The topological polar surface area (TPSA) is 23.6 Å². The summed E-state index contributed by atoms with van der Waals surface area (Å²) >= 11 is 6.52. The van der Waals surface area contributed by atoms with E-state index < -0.39 is 0 Å². The Morgan fingerprint density at radius 2 is 1.79 bits per heavy atom. The quantitative estimate of drug-likeness (QED) is 0.603. The standard InChI is InChI=1S/C18H15FN2OS2/c1-20(2)13-7-9-14(10-8-13)21-17(22)16(24-18(21)23)11-12-5-3-4-6-15(12)19/h3-11H,1-2H3/b16-11+. The highest BCUT2D eigenvalue weighted by Gasteiger charge is 2.33. The molecule has 0 radical (unpaired) electrons. The number of hydrogen-bond acceptors (Lipinski definition) is 4. The molecule has 1 amide bonds. The predicted molar refractivity (Wildman–Crippen MR) is 103 cm³/mol. The molecule has 0 aliphatic carbocycles. The predicted octanol–water partition coefficient (Wildman–Crippen LogP) is 4.30. The van der Waals surface area contributed by atoms with Crippen molar-refractivity contribution in [3.63, 3.8) is 0 Å². The minimum Gasteiger partial charge on any atom is -0.378 e. The second kappa shape index (κ2) is 6.75. The van der Waals surface area contributed by atoms with Crippen LogP contribution >= 0.6 is 24.0 Å². The summed E-state index contributed by atoms with van der Waals surface area (Å²) in [5, 5.41) is 0. The van der Waals surface area contributed by atoms with Crippen LogP contribution in [0.1, 0.15) is 5.56 Å². The molecule has 0 bridgehead atoms. The van der Waals surface area contributed by atoms with E-state index in [1.165, 1.54) is 22.7 Å². The number of halogens is 1. The van der Waals surface area contributed by atoms with E-state index in [9.17, 15) is 9.18 Å². The number of nitrogens with zero attached hydrogens (tertiary/aromatic N) is 2. The summed E-state index contributed by atoms with van der Waals surface area (Å²) < 4.78 is 14.2. The monoisotopic (exact) mass is 358 g/mol. The number of rotatable bonds is 3. The lowest BCUT2D eigenvalue weighted by Gasteiger charge is -2.17. The summed E-state index contributed by atoms with van der Waals surface area (Å²) in [6, 6.07) is 13.9. The van der Waals surface area contributed by atoms with Crippen molar-refractivity contribution >= 4 is 51.7 Å². The Labute approximate surface area is 149 Å². The van der Waals surface area contributed by atoms with Gasteiger partial charge in [-0.25, -0.2) is 4.39 Å². The number of carbonyl (C=O) groups excluding carboxylic acids is 1. The van der Waals surface area contributed by atoms with Crippen molar-refractivity contribution in [1.29, 1.82) is 0 Å². The first-order valence-corrected chi connectivity index (χ1v) is 8.50. The van der Waals surface area contributed by atoms with Gasteiger partial charge in [-0.05, 0) is 36.4 Å². The Kier molecular flexibility index (Phi) is 4.69. The minimum absolute atomic E-state index is 0.231. The van der Waals surface area contributed by atoms with Crippen molar-refractivity contribution in [3.05, 3.63) is 64.8 Å². The largest absolute Gasteiger partial charge is 0.378 e. The third-order valence-electron chi connectivity index (χ3n) is 3.61. The maximum absolute atomic E-state index is 13.8. The summed E-state index contributed by atoms with van der Waals surface area (Å²) in [7, 11) is 3.90. The fraction of sp³-hybridized carbons (Fsp3) is 0.111. The molecule has 0 saturated carbocycles. The van der Waals surface area contributed by atoms with Gasteiger partial charge in [-0.2, -0.15) is 0 Å². The molecular weight excluding hydrogens is 343 g/mol. The van der Waals surface area contributed by atoms with Crippen molar-refractivity contribution < 1.29 is 9.18 Å². The first-order valence-electron chi connectivity index (χ1n) is 7.27. The maximum atomic E-state index is 13.8. The Hall–Kier alpha value is -2.18. The number of benzene rings is 2. The molecule has 0 aromatic heterocycles.